The molecule has 2 aromatic rings. The van der Waals surface area contributed by atoms with Gasteiger partial charge in [-0.15, -0.1) is 0 Å². The Morgan fingerprint density at radius 1 is 1.11 bits per heavy atom. The minimum absolute atomic E-state index is 0.0293. The molecule has 5 nitrogen and oxygen atoms in total. The Labute approximate surface area is 168 Å². The molecule has 0 radical (unpaired) electrons. The van der Waals surface area contributed by atoms with Crippen LogP contribution in [0.1, 0.15) is 12.0 Å². The highest BCUT2D eigenvalue weighted by Gasteiger charge is 2.34. The van der Waals surface area contributed by atoms with E-state index >= 15 is 0 Å². The molecule has 1 amide bonds. The molecule has 1 heterocycles. The van der Waals surface area contributed by atoms with E-state index in [-0.39, 0.29) is 30.1 Å². The third-order valence-electron chi connectivity index (χ3n) is 4.42. The fourth-order valence-electron chi connectivity index (χ4n) is 3.01. The fourth-order valence-corrected chi connectivity index (χ4v) is 5.06. The van der Waals surface area contributed by atoms with Crippen molar-refractivity contribution in [3.63, 3.8) is 0 Å². The molecule has 8 heteroatoms. The van der Waals surface area contributed by atoms with E-state index in [1.54, 1.807) is 41.3 Å². The summed E-state index contributed by atoms with van der Waals surface area (Å²) >= 11 is 12.0. The van der Waals surface area contributed by atoms with Gasteiger partial charge in [0.2, 0.25) is 0 Å². The predicted octanol–water partition coefficient (Wildman–Crippen LogP) is 3.59. The first-order valence-corrected chi connectivity index (χ1v) is 11.0. The molecule has 1 fully saturated rings. The van der Waals surface area contributed by atoms with Crippen LogP contribution in [0.5, 0.6) is 5.75 Å². The summed E-state index contributed by atoms with van der Waals surface area (Å²) in [7, 11) is -3.12. The highest BCUT2D eigenvalue weighted by atomic mass is 35.5. The molecule has 1 saturated heterocycles. The summed E-state index contributed by atoms with van der Waals surface area (Å²) in [5, 5.41) is 1.01. The van der Waals surface area contributed by atoms with Gasteiger partial charge in [-0.05, 0) is 36.2 Å². The summed E-state index contributed by atoms with van der Waals surface area (Å²) in [5.74, 6) is 0.191. The number of nitrogens with zero attached hydrogens (tertiary/aromatic N) is 1. The summed E-state index contributed by atoms with van der Waals surface area (Å²) in [6, 6.07) is 13.6. The number of amides is 1. The summed E-state index contributed by atoms with van der Waals surface area (Å²) in [6.45, 7) is 0.0793. The van der Waals surface area contributed by atoms with Gasteiger partial charge in [-0.2, -0.15) is 0 Å². The van der Waals surface area contributed by atoms with Crippen molar-refractivity contribution in [2.75, 3.05) is 18.1 Å². The van der Waals surface area contributed by atoms with Gasteiger partial charge in [0.25, 0.3) is 5.91 Å². The summed E-state index contributed by atoms with van der Waals surface area (Å²) in [6.07, 6.45) is 0.424. The molecule has 3 rings (SSSR count). The normalized spacial score (nSPS) is 18.2. The Kier molecular flexibility index (Phi) is 6.29. The van der Waals surface area contributed by atoms with Gasteiger partial charge >= 0.3 is 0 Å². The number of ether oxygens (including phenoxy) is 1. The number of rotatable bonds is 6. The molecular formula is C19H19Cl2NO4S. The average Bonchev–Trinajstić information content (AvgIpc) is 3.00. The van der Waals surface area contributed by atoms with Crippen LogP contribution in [0.4, 0.5) is 0 Å². The van der Waals surface area contributed by atoms with Gasteiger partial charge in [-0.1, -0.05) is 47.5 Å². The quantitative estimate of drug-likeness (QED) is 0.706. The number of hydrogen-bond acceptors (Lipinski definition) is 4. The Bertz CT molecular complexity index is 916. The minimum Gasteiger partial charge on any atom is -0.482 e. The van der Waals surface area contributed by atoms with Crippen LogP contribution in [0.2, 0.25) is 10.0 Å². The van der Waals surface area contributed by atoms with Crippen molar-refractivity contribution >= 4 is 38.9 Å². The SMILES string of the molecule is O=C(COc1ccccc1Cl)N(Cc1ccc(Cl)cc1)[C@H]1CCS(=O)(=O)C1. The van der Waals surface area contributed by atoms with Crippen molar-refractivity contribution in [3.8, 4) is 5.75 Å². The van der Waals surface area contributed by atoms with Crippen molar-refractivity contribution in [3.05, 3.63) is 64.1 Å². The minimum atomic E-state index is -3.12. The van der Waals surface area contributed by atoms with E-state index in [4.69, 9.17) is 27.9 Å². The van der Waals surface area contributed by atoms with Crippen molar-refractivity contribution < 1.29 is 17.9 Å². The van der Waals surface area contributed by atoms with Crippen LogP contribution >= 0.6 is 23.2 Å². The van der Waals surface area contributed by atoms with E-state index in [1.165, 1.54) is 0 Å². The number of hydrogen-bond donors (Lipinski definition) is 0. The van der Waals surface area contributed by atoms with E-state index < -0.39 is 9.84 Å². The van der Waals surface area contributed by atoms with E-state index in [9.17, 15) is 13.2 Å². The van der Waals surface area contributed by atoms with Crippen LogP contribution in [-0.4, -0.2) is 43.4 Å². The Morgan fingerprint density at radius 3 is 2.44 bits per heavy atom. The van der Waals surface area contributed by atoms with Crippen LogP contribution < -0.4 is 4.74 Å². The lowest BCUT2D eigenvalue weighted by atomic mass is 10.1. The molecule has 2 aromatic carbocycles. The van der Waals surface area contributed by atoms with Crippen molar-refractivity contribution in [2.24, 2.45) is 0 Å². The Morgan fingerprint density at radius 2 is 1.81 bits per heavy atom. The lowest BCUT2D eigenvalue weighted by molar-refractivity contribution is -0.136. The molecule has 1 atom stereocenters. The van der Waals surface area contributed by atoms with Gasteiger partial charge in [-0.3, -0.25) is 4.79 Å². The maximum absolute atomic E-state index is 12.8. The monoisotopic (exact) mass is 427 g/mol. The summed E-state index contributed by atoms with van der Waals surface area (Å²) in [5.41, 5.74) is 0.870. The Hall–Kier alpha value is -1.76. The number of halogens is 2. The molecule has 144 valence electrons. The van der Waals surface area contributed by atoms with E-state index in [0.29, 0.717) is 28.8 Å². The van der Waals surface area contributed by atoms with E-state index in [1.807, 2.05) is 12.1 Å². The number of sulfone groups is 1. The highest BCUT2D eigenvalue weighted by molar-refractivity contribution is 7.91. The smallest absolute Gasteiger partial charge is 0.261 e. The van der Waals surface area contributed by atoms with Crippen LogP contribution in [0.25, 0.3) is 0 Å². The first kappa shape index (κ1) is 20.0. The second-order valence-electron chi connectivity index (χ2n) is 6.42. The van der Waals surface area contributed by atoms with Crippen LogP contribution in [0, 0.1) is 0 Å². The van der Waals surface area contributed by atoms with Gasteiger partial charge in [0.1, 0.15) is 5.75 Å². The van der Waals surface area contributed by atoms with Gasteiger partial charge in [-0.25, -0.2) is 8.42 Å². The van der Waals surface area contributed by atoms with Crippen molar-refractivity contribution in [1.82, 2.24) is 4.90 Å². The highest BCUT2D eigenvalue weighted by Crippen LogP contribution is 2.24. The van der Waals surface area contributed by atoms with Crippen LogP contribution in [0.15, 0.2) is 48.5 Å². The van der Waals surface area contributed by atoms with Crippen molar-refractivity contribution in [2.45, 2.75) is 19.0 Å². The van der Waals surface area contributed by atoms with Crippen LogP contribution in [-0.2, 0) is 21.2 Å². The van der Waals surface area contributed by atoms with Gasteiger partial charge in [0.15, 0.2) is 16.4 Å². The molecule has 1 aliphatic heterocycles. The molecule has 1 aliphatic rings. The molecule has 0 unspecified atom stereocenters. The topological polar surface area (TPSA) is 63.7 Å². The maximum atomic E-state index is 12.8. The second kappa shape index (κ2) is 8.50. The zero-order valence-corrected chi connectivity index (χ0v) is 16.8. The number of para-hydroxylation sites is 1. The first-order valence-electron chi connectivity index (χ1n) is 8.46. The zero-order chi connectivity index (χ0) is 19.4. The number of carbonyl (C=O) groups is 1. The third kappa shape index (κ3) is 5.37. The molecule has 0 saturated carbocycles. The van der Waals surface area contributed by atoms with Crippen LogP contribution in [0.3, 0.4) is 0 Å². The van der Waals surface area contributed by atoms with Crippen molar-refractivity contribution in [1.29, 1.82) is 0 Å². The van der Waals surface area contributed by atoms with Gasteiger partial charge in [0.05, 0.1) is 16.5 Å². The standard InChI is InChI=1S/C19H19Cl2NO4S/c20-15-7-5-14(6-8-15)11-22(16-9-10-27(24,25)13-16)19(23)12-26-18-4-2-1-3-17(18)21/h1-8,16H,9-13H2/t16-/m0/s1. The summed E-state index contributed by atoms with van der Waals surface area (Å²) < 4.78 is 29.3. The number of benzene rings is 2. The fraction of sp³-hybridized carbons (Fsp3) is 0.316. The Balaban J connectivity index is 1.75. The largest absolute Gasteiger partial charge is 0.482 e. The lowest BCUT2D eigenvalue weighted by Crippen LogP contribution is -2.43. The number of carbonyl (C=O) groups excluding carboxylic acids is 1. The molecule has 0 aliphatic carbocycles. The van der Waals surface area contributed by atoms with Gasteiger partial charge < -0.3 is 9.64 Å². The molecule has 0 aromatic heterocycles. The van der Waals surface area contributed by atoms with E-state index in [2.05, 4.69) is 0 Å². The molecule has 0 N–H and O–H groups in total. The molecule has 27 heavy (non-hydrogen) atoms. The molecule has 0 bridgehead atoms. The first-order chi connectivity index (χ1) is 12.8. The maximum Gasteiger partial charge on any atom is 0.261 e. The van der Waals surface area contributed by atoms with Gasteiger partial charge in [0, 0.05) is 17.6 Å². The molecule has 0 spiro atoms. The summed E-state index contributed by atoms with van der Waals surface area (Å²) in [4.78, 5) is 14.4. The second-order valence-corrected chi connectivity index (χ2v) is 9.50. The van der Waals surface area contributed by atoms with E-state index in [0.717, 1.165) is 5.56 Å². The third-order valence-corrected chi connectivity index (χ3v) is 6.74. The zero-order valence-electron chi connectivity index (χ0n) is 14.5. The predicted molar refractivity (Wildman–Crippen MR) is 106 cm³/mol. The molecular weight excluding hydrogens is 409 g/mol. The average molecular weight is 428 g/mol. The lowest BCUT2D eigenvalue weighted by Gasteiger charge is -2.28.